The van der Waals surface area contributed by atoms with Gasteiger partial charge in [0, 0.05) is 23.7 Å². The van der Waals surface area contributed by atoms with Crippen molar-refractivity contribution in [1.82, 2.24) is 9.55 Å². The zero-order chi connectivity index (χ0) is 21.0. The molecule has 2 aromatic carbocycles. The van der Waals surface area contributed by atoms with E-state index in [1.165, 1.54) is 28.5 Å². The van der Waals surface area contributed by atoms with Crippen LogP contribution in [0.25, 0.3) is 10.9 Å². The monoisotopic (exact) mass is 430 g/mol. The number of hydrogen-bond acceptors (Lipinski definition) is 4. The lowest BCUT2D eigenvalue weighted by molar-refractivity contribution is -0.137. The Balaban J connectivity index is 1.93. The molecule has 1 N–H and O–H groups in total. The van der Waals surface area contributed by atoms with Crippen LogP contribution in [-0.2, 0) is 17.1 Å². The summed E-state index contributed by atoms with van der Waals surface area (Å²) in [5.41, 5.74) is 4.07. The summed E-state index contributed by atoms with van der Waals surface area (Å²) in [6.45, 7) is 4.56. The number of carboxylic acids is 1. The number of nitrogens with zero attached hydrogens (tertiary/aromatic N) is 2. The third-order valence-electron chi connectivity index (χ3n) is 4.76. The number of carbonyl (C=O) groups is 1. The number of aliphatic carboxylic acids is 1. The summed E-state index contributed by atoms with van der Waals surface area (Å²) in [4.78, 5) is 28.6. The topological polar surface area (TPSA) is 72.2 Å². The van der Waals surface area contributed by atoms with Crippen molar-refractivity contribution in [1.29, 1.82) is 0 Å². The molecular weight excluding hydrogens is 408 g/mol. The lowest BCUT2D eigenvalue weighted by Gasteiger charge is -2.14. The Morgan fingerprint density at radius 3 is 2.72 bits per heavy atom. The van der Waals surface area contributed by atoms with E-state index in [9.17, 15) is 9.59 Å². The van der Waals surface area contributed by atoms with E-state index in [4.69, 9.17) is 21.7 Å². The molecule has 0 radical (unpaired) electrons. The largest absolute Gasteiger partial charge is 0.481 e. The van der Waals surface area contributed by atoms with Crippen molar-refractivity contribution in [3.8, 4) is 0 Å². The molecule has 5 nitrogen and oxygen atoms in total. The molecule has 0 atom stereocenters. The molecule has 7 heteroatoms. The number of benzene rings is 2. The van der Waals surface area contributed by atoms with Gasteiger partial charge in [-0.05, 0) is 56.0 Å². The summed E-state index contributed by atoms with van der Waals surface area (Å²) >= 11 is 7.59. The maximum Gasteiger partial charge on any atom is 0.303 e. The Kier molecular flexibility index (Phi) is 6.98. The number of hydrogen-bond donors (Lipinski definition) is 1. The van der Waals surface area contributed by atoms with E-state index in [0.29, 0.717) is 46.2 Å². The average molecular weight is 431 g/mol. The highest BCUT2D eigenvalue weighted by Gasteiger charge is 2.13. The maximum absolute atomic E-state index is 13.1. The van der Waals surface area contributed by atoms with Gasteiger partial charge < -0.3 is 5.11 Å². The van der Waals surface area contributed by atoms with E-state index < -0.39 is 5.97 Å². The van der Waals surface area contributed by atoms with Crippen molar-refractivity contribution in [3.63, 3.8) is 0 Å². The first kappa shape index (κ1) is 21.4. The van der Waals surface area contributed by atoms with Crippen molar-refractivity contribution < 1.29 is 9.90 Å². The van der Waals surface area contributed by atoms with Crippen molar-refractivity contribution in [2.45, 2.75) is 50.6 Å². The molecule has 3 aromatic rings. The number of aryl methyl sites for hydroxylation is 2. The quantitative estimate of drug-likeness (QED) is 0.301. The third-order valence-corrected chi connectivity index (χ3v) is 6.03. The normalized spacial score (nSPS) is 11.1. The summed E-state index contributed by atoms with van der Waals surface area (Å²) in [6.07, 6.45) is 1.19. The first-order valence-corrected chi connectivity index (χ1v) is 10.8. The minimum Gasteiger partial charge on any atom is -0.481 e. The highest BCUT2D eigenvalue weighted by atomic mass is 35.5. The van der Waals surface area contributed by atoms with E-state index in [2.05, 4.69) is 32.0 Å². The van der Waals surface area contributed by atoms with Gasteiger partial charge in [-0.2, -0.15) is 0 Å². The van der Waals surface area contributed by atoms with E-state index in [0.717, 1.165) is 0 Å². The minimum absolute atomic E-state index is 0.0898. The number of unbranched alkanes of at least 4 members (excludes halogenated alkanes) is 1. The van der Waals surface area contributed by atoms with Crippen LogP contribution in [0.5, 0.6) is 0 Å². The molecule has 0 fully saturated rings. The molecule has 0 saturated carbocycles. The van der Waals surface area contributed by atoms with Crippen molar-refractivity contribution in [3.05, 3.63) is 68.5 Å². The van der Waals surface area contributed by atoms with Crippen LogP contribution in [0.4, 0.5) is 0 Å². The van der Waals surface area contributed by atoms with Gasteiger partial charge in [0.15, 0.2) is 5.16 Å². The lowest BCUT2D eigenvalue weighted by atomic mass is 10.1. The van der Waals surface area contributed by atoms with Gasteiger partial charge in [-0.15, -0.1) is 0 Å². The molecule has 0 aliphatic rings. The number of thioether (sulfide) groups is 1. The van der Waals surface area contributed by atoms with E-state index in [1.54, 1.807) is 22.8 Å². The van der Waals surface area contributed by atoms with Crippen LogP contribution in [-0.4, -0.2) is 20.6 Å². The van der Waals surface area contributed by atoms with E-state index in [-0.39, 0.29) is 12.0 Å². The van der Waals surface area contributed by atoms with Crippen molar-refractivity contribution in [2.75, 3.05) is 0 Å². The van der Waals surface area contributed by atoms with Crippen LogP contribution in [0.1, 0.15) is 36.0 Å². The standard InChI is InChI=1S/C22H23ClN2O3S/c1-14-6-7-15(2)16(11-14)13-29-22-24-19-9-8-17(23)12-18(19)21(28)25(22)10-4-3-5-20(26)27/h6-9,11-12H,3-5,10,13H2,1-2H3,(H,26,27). The second-order valence-electron chi connectivity index (χ2n) is 7.08. The van der Waals surface area contributed by atoms with Gasteiger partial charge in [0.2, 0.25) is 0 Å². The fraction of sp³-hybridized carbons (Fsp3) is 0.318. The molecule has 3 rings (SSSR count). The van der Waals surface area contributed by atoms with Crippen molar-refractivity contribution >= 4 is 40.2 Å². The van der Waals surface area contributed by atoms with Crippen molar-refractivity contribution in [2.24, 2.45) is 0 Å². The summed E-state index contributed by atoms with van der Waals surface area (Å²) in [5.74, 6) is -0.126. The predicted octanol–water partition coefficient (Wildman–Crippen LogP) is 5.21. The molecule has 1 aromatic heterocycles. The zero-order valence-corrected chi connectivity index (χ0v) is 18.0. The molecule has 0 aliphatic heterocycles. The summed E-state index contributed by atoms with van der Waals surface area (Å²) in [7, 11) is 0. The smallest absolute Gasteiger partial charge is 0.303 e. The van der Waals surface area contributed by atoms with Crippen LogP contribution < -0.4 is 5.56 Å². The second-order valence-corrected chi connectivity index (χ2v) is 8.46. The van der Waals surface area contributed by atoms with Crippen LogP contribution in [0.3, 0.4) is 0 Å². The van der Waals surface area contributed by atoms with Gasteiger partial charge in [-0.25, -0.2) is 4.98 Å². The molecular formula is C22H23ClN2O3S. The van der Waals surface area contributed by atoms with E-state index >= 15 is 0 Å². The zero-order valence-electron chi connectivity index (χ0n) is 16.4. The number of halogens is 1. The third kappa shape index (κ3) is 5.40. The molecule has 0 bridgehead atoms. The fourth-order valence-electron chi connectivity index (χ4n) is 3.12. The fourth-order valence-corrected chi connectivity index (χ4v) is 4.38. The molecule has 0 amide bonds. The Morgan fingerprint density at radius 2 is 1.97 bits per heavy atom. The van der Waals surface area contributed by atoms with Gasteiger partial charge >= 0.3 is 5.97 Å². The molecule has 0 saturated heterocycles. The van der Waals surface area contributed by atoms with Crippen LogP contribution >= 0.6 is 23.4 Å². The number of carboxylic acid groups (broad SMARTS) is 1. The molecule has 1 heterocycles. The minimum atomic E-state index is -0.828. The maximum atomic E-state index is 13.1. The molecule has 0 aliphatic carbocycles. The second kappa shape index (κ2) is 9.46. The van der Waals surface area contributed by atoms with E-state index in [1.807, 2.05) is 0 Å². The first-order chi connectivity index (χ1) is 13.8. The van der Waals surface area contributed by atoms with Gasteiger partial charge in [0.05, 0.1) is 10.9 Å². The number of fused-ring (bicyclic) bond motifs is 1. The predicted molar refractivity (Wildman–Crippen MR) is 118 cm³/mol. The summed E-state index contributed by atoms with van der Waals surface area (Å²) in [5, 5.41) is 10.5. The number of rotatable bonds is 8. The summed E-state index contributed by atoms with van der Waals surface area (Å²) < 4.78 is 1.65. The van der Waals surface area contributed by atoms with Gasteiger partial charge in [0.25, 0.3) is 5.56 Å². The first-order valence-electron chi connectivity index (χ1n) is 9.46. The lowest BCUT2D eigenvalue weighted by Crippen LogP contribution is -2.23. The number of aromatic nitrogens is 2. The van der Waals surface area contributed by atoms with Crippen LogP contribution in [0.2, 0.25) is 5.02 Å². The van der Waals surface area contributed by atoms with Crippen LogP contribution in [0.15, 0.2) is 46.3 Å². The molecule has 0 spiro atoms. The molecule has 0 unspecified atom stereocenters. The molecule has 29 heavy (non-hydrogen) atoms. The highest BCUT2D eigenvalue weighted by Crippen LogP contribution is 2.25. The Morgan fingerprint density at radius 1 is 1.17 bits per heavy atom. The Labute approximate surface area is 178 Å². The Hall–Kier alpha value is -2.31. The SMILES string of the molecule is Cc1ccc(C)c(CSc2nc3ccc(Cl)cc3c(=O)n2CCCCC(=O)O)c1. The highest BCUT2D eigenvalue weighted by molar-refractivity contribution is 7.98. The van der Waals surface area contributed by atoms with Gasteiger partial charge in [-0.1, -0.05) is 47.1 Å². The Bertz CT molecular complexity index is 1110. The average Bonchev–Trinajstić information content (AvgIpc) is 2.68. The molecule has 152 valence electrons. The van der Waals surface area contributed by atoms with Crippen LogP contribution in [0, 0.1) is 13.8 Å². The summed E-state index contributed by atoms with van der Waals surface area (Å²) in [6, 6.07) is 11.5. The van der Waals surface area contributed by atoms with Gasteiger partial charge in [0.1, 0.15) is 0 Å². The van der Waals surface area contributed by atoms with Gasteiger partial charge in [-0.3, -0.25) is 14.2 Å².